The maximum Gasteiger partial charge on any atom is 0.160 e. The van der Waals surface area contributed by atoms with Gasteiger partial charge in [-0.25, -0.2) is 0 Å². The maximum absolute atomic E-state index is 2.45. The highest BCUT2D eigenvalue weighted by Crippen LogP contribution is 2.27. The van der Waals surface area contributed by atoms with Gasteiger partial charge in [0.05, 0.1) is 0 Å². The third kappa shape index (κ3) is 1.99. The molecule has 1 nitrogen and oxygen atoms in total. The summed E-state index contributed by atoms with van der Waals surface area (Å²) in [5.74, 6) is 0. The fourth-order valence-corrected chi connectivity index (χ4v) is 6.28. The summed E-state index contributed by atoms with van der Waals surface area (Å²) in [5, 5.41) is 4.46. The van der Waals surface area contributed by atoms with E-state index in [9.17, 15) is 0 Å². The Kier molecular flexibility index (Phi) is 3.32. The third-order valence-corrected chi connectivity index (χ3v) is 7.14. The molecule has 0 aliphatic carbocycles. The summed E-state index contributed by atoms with van der Waals surface area (Å²) in [6, 6.07) is 28.8. The lowest BCUT2D eigenvalue weighted by molar-refractivity contribution is 1.03. The van der Waals surface area contributed by atoms with Crippen molar-refractivity contribution >= 4 is 35.7 Å². The van der Waals surface area contributed by atoms with Crippen molar-refractivity contribution in [3.63, 3.8) is 0 Å². The molecule has 0 saturated heterocycles. The van der Waals surface area contributed by atoms with Crippen LogP contribution in [0.2, 0.25) is 0 Å². The van der Waals surface area contributed by atoms with E-state index >= 15 is 0 Å². The molecule has 1 aliphatic heterocycles. The predicted molar refractivity (Wildman–Crippen MR) is 96.7 cm³/mol. The molecule has 1 aliphatic rings. The second-order valence-corrected chi connectivity index (χ2v) is 7.92. The van der Waals surface area contributed by atoms with Gasteiger partial charge in [0, 0.05) is 17.9 Å². The standard InChI is InChI=1S/C20H18NSi/c1-2-21-17-12-6-8-14-19(17)22(16-10-4-3-5-11-16)20-15-9-7-13-18(20)21/h3-15H,2H2,1H3. The van der Waals surface area contributed by atoms with E-state index in [1.807, 2.05) is 0 Å². The lowest BCUT2D eigenvalue weighted by Crippen LogP contribution is -2.57. The van der Waals surface area contributed by atoms with Gasteiger partial charge in [0.15, 0.2) is 8.80 Å². The number of rotatable bonds is 2. The Morgan fingerprint density at radius 2 is 1.18 bits per heavy atom. The predicted octanol–water partition coefficient (Wildman–Crippen LogP) is 2.67. The summed E-state index contributed by atoms with van der Waals surface area (Å²) < 4.78 is 0. The SMILES string of the molecule is CCN1c2ccccc2[Si](c2ccccc2)c2ccccc21. The van der Waals surface area contributed by atoms with Crippen molar-refractivity contribution in [1.82, 2.24) is 0 Å². The van der Waals surface area contributed by atoms with Crippen molar-refractivity contribution in [1.29, 1.82) is 0 Å². The molecule has 3 aromatic rings. The van der Waals surface area contributed by atoms with Crippen LogP contribution in [0.15, 0.2) is 78.9 Å². The zero-order valence-electron chi connectivity index (χ0n) is 12.7. The Balaban J connectivity index is 2.00. The van der Waals surface area contributed by atoms with Crippen molar-refractivity contribution in [3.05, 3.63) is 78.9 Å². The molecule has 0 saturated carbocycles. The molecule has 3 aromatic carbocycles. The van der Waals surface area contributed by atoms with Gasteiger partial charge in [-0.3, -0.25) is 0 Å². The van der Waals surface area contributed by atoms with Crippen LogP contribution in [0.3, 0.4) is 0 Å². The summed E-state index contributed by atoms with van der Waals surface area (Å²) in [6.07, 6.45) is 0. The molecule has 0 fully saturated rings. The van der Waals surface area contributed by atoms with Gasteiger partial charge in [-0.15, -0.1) is 0 Å². The monoisotopic (exact) mass is 300 g/mol. The van der Waals surface area contributed by atoms with E-state index in [1.54, 1.807) is 0 Å². The van der Waals surface area contributed by atoms with Crippen molar-refractivity contribution in [2.45, 2.75) is 6.92 Å². The number of para-hydroxylation sites is 2. The van der Waals surface area contributed by atoms with Gasteiger partial charge in [0.2, 0.25) is 0 Å². The number of anilines is 2. The molecule has 0 aromatic heterocycles. The van der Waals surface area contributed by atoms with E-state index in [0.29, 0.717) is 0 Å². The lowest BCUT2D eigenvalue weighted by atomic mass is 10.2. The van der Waals surface area contributed by atoms with Crippen molar-refractivity contribution in [2.24, 2.45) is 0 Å². The van der Waals surface area contributed by atoms with Gasteiger partial charge in [0.25, 0.3) is 0 Å². The zero-order chi connectivity index (χ0) is 14.9. The molecule has 2 heteroatoms. The Bertz CT molecular complexity index is 750. The van der Waals surface area contributed by atoms with Gasteiger partial charge in [-0.05, 0) is 29.4 Å². The molecule has 107 valence electrons. The first-order valence-electron chi connectivity index (χ1n) is 7.79. The number of nitrogens with zero attached hydrogens (tertiary/aromatic N) is 1. The molecular weight excluding hydrogens is 282 g/mol. The fraction of sp³-hybridized carbons (Fsp3) is 0.100. The number of benzene rings is 3. The second-order valence-electron chi connectivity index (χ2n) is 5.52. The molecule has 0 amide bonds. The molecule has 1 heterocycles. The van der Waals surface area contributed by atoms with Crippen LogP contribution < -0.4 is 20.5 Å². The van der Waals surface area contributed by atoms with Crippen molar-refractivity contribution in [3.8, 4) is 0 Å². The Hall–Kier alpha value is -2.32. The Labute approximate surface area is 133 Å². The molecule has 4 rings (SSSR count). The van der Waals surface area contributed by atoms with Crippen molar-refractivity contribution < 1.29 is 0 Å². The maximum atomic E-state index is 2.45. The highest BCUT2D eigenvalue weighted by molar-refractivity contribution is 6.97. The van der Waals surface area contributed by atoms with Crippen LogP contribution in [0.4, 0.5) is 11.4 Å². The molecular formula is C20H18NSi. The van der Waals surface area contributed by atoms with Gasteiger partial charge < -0.3 is 4.90 Å². The highest BCUT2D eigenvalue weighted by atomic mass is 28.3. The normalized spacial score (nSPS) is 13.6. The first-order valence-corrected chi connectivity index (χ1v) is 9.29. The average molecular weight is 300 g/mol. The van der Waals surface area contributed by atoms with Crippen LogP contribution in [0.1, 0.15) is 6.92 Å². The van der Waals surface area contributed by atoms with Crippen LogP contribution >= 0.6 is 0 Å². The van der Waals surface area contributed by atoms with Crippen LogP contribution in [-0.4, -0.2) is 15.3 Å². The minimum Gasteiger partial charge on any atom is -0.342 e. The molecule has 0 atom stereocenters. The minimum absolute atomic E-state index is 0.923. The van der Waals surface area contributed by atoms with E-state index in [1.165, 1.54) is 26.9 Å². The largest absolute Gasteiger partial charge is 0.342 e. The number of hydrogen-bond acceptors (Lipinski definition) is 1. The first kappa shape index (κ1) is 13.3. The summed E-state index contributed by atoms with van der Waals surface area (Å²) in [4.78, 5) is 2.45. The van der Waals surface area contributed by atoms with Crippen LogP contribution in [0, 0.1) is 0 Å². The van der Waals surface area contributed by atoms with Crippen LogP contribution in [0.25, 0.3) is 0 Å². The van der Waals surface area contributed by atoms with Crippen LogP contribution in [0.5, 0.6) is 0 Å². The lowest BCUT2D eigenvalue weighted by Gasteiger charge is -2.36. The summed E-state index contributed by atoms with van der Waals surface area (Å²) in [5.41, 5.74) is 2.75. The fourth-order valence-electron chi connectivity index (χ4n) is 3.37. The third-order valence-electron chi connectivity index (χ3n) is 4.31. The van der Waals surface area contributed by atoms with Crippen LogP contribution in [-0.2, 0) is 0 Å². The second kappa shape index (κ2) is 5.47. The Morgan fingerprint density at radius 1 is 0.682 bits per heavy atom. The Morgan fingerprint density at radius 3 is 1.73 bits per heavy atom. The quantitative estimate of drug-likeness (QED) is 0.658. The first-order chi connectivity index (χ1) is 10.9. The van der Waals surface area contributed by atoms with Gasteiger partial charge in [0.1, 0.15) is 0 Å². The van der Waals surface area contributed by atoms with E-state index < -0.39 is 8.80 Å². The molecule has 0 bridgehead atoms. The molecule has 0 unspecified atom stereocenters. The van der Waals surface area contributed by atoms with Gasteiger partial charge >= 0.3 is 0 Å². The number of fused-ring (bicyclic) bond motifs is 2. The van der Waals surface area contributed by atoms with E-state index in [-0.39, 0.29) is 0 Å². The smallest absolute Gasteiger partial charge is 0.160 e. The molecule has 0 spiro atoms. The van der Waals surface area contributed by atoms with E-state index in [4.69, 9.17) is 0 Å². The minimum atomic E-state index is -0.923. The van der Waals surface area contributed by atoms with Gasteiger partial charge in [-0.2, -0.15) is 0 Å². The molecule has 0 N–H and O–H groups in total. The molecule has 1 radical (unpaired) electrons. The molecule has 22 heavy (non-hydrogen) atoms. The highest BCUT2D eigenvalue weighted by Gasteiger charge is 2.31. The summed E-state index contributed by atoms with van der Waals surface area (Å²) >= 11 is 0. The summed E-state index contributed by atoms with van der Waals surface area (Å²) in [6.45, 7) is 3.23. The summed E-state index contributed by atoms with van der Waals surface area (Å²) in [7, 11) is -0.923. The van der Waals surface area contributed by atoms with E-state index in [0.717, 1.165) is 6.54 Å². The topological polar surface area (TPSA) is 3.24 Å². The van der Waals surface area contributed by atoms with E-state index in [2.05, 4.69) is 90.7 Å². The van der Waals surface area contributed by atoms with Gasteiger partial charge in [-0.1, -0.05) is 71.9 Å². The van der Waals surface area contributed by atoms with Crippen molar-refractivity contribution in [2.75, 3.05) is 11.4 Å². The number of hydrogen-bond donors (Lipinski definition) is 0. The zero-order valence-corrected chi connectivity index (χ0v) is 13.7. The average Bonchev–Trinajstić information content (AvgIpc) is 2.60.